The third-order valence-electron chi connectivity index (χ3n) is 2.50. The van der Waals surface area contributed by atoms with Crippen LogP contribution in [-0.4, -0.2) is 25.3 Å². The maximum absolute atomic E-state index is 11.5. The highest BCUT2D eigenvalue weighted by molar-refractivity contribution is 5.90. The molecule has 1 saturated heterocycles. The molecule has 1 aliphatic rings. The summed E-state index contributed by atoms with van der Waals surface area (Å²) in [7, 11) is 0. The minimum absolute atomic E-state index is 0.0740. The van der Waals surface area contributed by atoms with E-state index in [2.05, 4.69) is 0 Å². The summed E-state index contributed by atoms with van der Waals surface area (Å²) >= 11 is 0. The molecule has 1 aromatic rings. The van der Waals surface area contributed by atoms with Crippen molar-refractivity contribution in [3.05, 3.63) is 30.3 Å². The second-order valence-electron chi connectivity index (χ2n) is 3.51. The predicted molar refractivity (Wildman–Crippen MR) is 57.7 cm³/mol. The van der Waals surface area contributed by atoms with Crippen molar-refractivity contribution in [1.29, 1.82) is 0 Å². The molecule has 1 amide bonds. The van der Waals surface area contributed by atoms with Gasteiger partial charge in [0.2, 0.25) is 0 Å². The topological polar surface area (TPSA) is 55.6 Å². The van der Waals surface area contributed by atoms with E-state index in [1.807, 2.05) is 30.3 Å². The molecule has 15 heavy (non-hydrogen) atoms. The van der Waals surface area contributed by atoms with E-state index in [-0.39, 0.29) is 12.1 Å². The maximum Gasteiger partial charge on any atom is 0.414 e. The molecule has 1 atom stereocenters. The Bertz CT molecular complexity index is 340. The summed E-state index contributed by atoms with van der Waals surface area (Å²) in [5.41, 5.74) is 6.37. The van der Waals surface area contributed by atoms with Gasteiger partial charge in [-0.05, 0) is 25.1 Å². The van der Waals surface area contributed by atoms with Crippen LogP contribution >= 0.6 is 0 Å². The van der Waals surface area contributed by atoms with Crippen LogP contribution in [0.5, 0.6) is 0 Å². The van der Waals surface area contributed by atoms with Gasteiger partial charge in [-0.15, -0.1) is 0 Å². The largest absolute Gasteiger partial charge is 0.447 e. The maximum atomic E-state index is 11.5. The number of cyclic esters (lactones) is 1. The zero-order chi connectivity index (χ0) is 10.7. The third-order valence-corrected chi connectivity index (χ3v) is 2.50. The van der Waals surface area contributed by atoms with Gasteiger partial charge in [0.25, 0.3) is 0 Å². The van der Waals surface area contributed by atoms with Crippen molar-refractivity contribution in [2.75, 3.05) is 18.1 Å². The number of hydrogen-bond donors (Lipinski definition) is 1. The molecule has 0 bridgehead atoms. The Labute approximate surface area is 88.6 Å². The number of nitrogens with two attached hydrogens (primary N) is 1. The fraction of sp³-hybridized carbons (Fsp3) is 0.364. The third kappa shape index (κ3) is 1.94. The van der Waals surface area contributed by atoms with Crippen molar-refractivity contribution < 1.29 is 9.53 Å². The van der Waals surface area contributed by atoms with Crippen LogP contribution in [-0.2, 0) is 4.74 Å². The van der Waals surface area contributed by atoms with Gasteiger partial charge in [-0.1, -0.05) is 18.2 Å². The number of amides is 1. The van der Waals surface area contributed by atoms with Gasteiger partial charge in [-0.2, -0.15) is 0 Å². The summed E-state index contributed by atoms with van der Waals surface area (Å²) in [6.07, 6.45) is 0.486. The van der Waals surface area contributed by atoms with E-state index < -0.39 is 0 Å². The Kier molecular flexibility index (Phi) is 2.87. The molecule has 1 heterocycles. The van der Waals surface area contributed by atoms with Gasteiger partial charge in [-0.3, -0.25) is 4.90 Å². The van der Waals surface area contributed by atoms with E-state index in [1.165, 1.54) is 0 Å². The summed E-state index contributed by atoms with van der Waals surface area (Å²) in [5.74, 6) is 0. The number of carbonyl (C=O) groups excluding carboxylic acids is 1. The zero-order valence-corrected chi connectivity index (χ0v) is 8.43. The van der Waals surface area contributed by atoms with E-state index in [0.29, 0.717) is 13.2 Å². The van der Waals surface area contributed by atoms with E-state index in [1.54, 1.807) is 4.90 Å². The molecule has 4 heteroatoms. The Morgan fingerprint density at radius 2 is 2.13 bits per heavy atom. The summed E-state index contributed by atoms with van der Waals surface area (Å²) in [4.78, 5) is 13.2. The second-order valence-corrected chi connectivity index (χ2v) is 3.51. The Morgan fingerprint density at radius 3 is 2.80 bits per heavy atom. The van der Waals surface area contributed by atoms with Crippen LogP contribution in [0.2, 0.25) is 0 Å². The Balaban J connectivity index is 2.21. The molecular formula is C11H14N2O2. The van der Waals surface area contributed by atoms with Gasteiger partial charge in [0.15, 0.2) is 0 Å². The van der Waals surface area contributed by atoms with Crippen molar-refractivity contribution in [3.63, 3.8) is 0 Å². The normalized spacial score (nSPS) is 20.5. The van der Waals surface area contributed by atoms with Crippen LogP contribution in [0.3, 0.4) is 0 Å². The van der Waals surface area contributed by atoms with Crippen LogP contribution in [0.1, 0.15) is 6.42 Å². The monoisotopic (exact) mass is 206 g/mol. The van der Waals surface area contributed by atoms with Gasteiger partial charge in [-0.25, -0.2) is 4.79 Å². The van der Waals surface area contributed by atoms with Crippen LogP contribution in [0, 0.1) is 0 Å². The SMILES string of the molecule is NCCC1COC(=O)N1c1ccccc1. The van der Waals surface area contributed by atoms with Crippen molar-refractivity contribution in [3.8, 4) is 0 Å². The molecule has 2 N–H and O–H groups in total. The summed E-state index contributed by atoms with van der Waals surface area (Å²) in [6.45, 7) is 0.996. The average molecular weight is 206 g/mol. The van der Waals surface area contributed by atoms with E-state index in [9.17, 15) is 4.79 Å². The molecule has 1 fully saturated rings. The molecule has 0 aromatic heterocycles. The predicted octanol–water partition coefficient (Wildman–Crippen LogP) is 1.36. The van der Waals surface area contributed by atoms with Crippen LogP contribution < -0.4 is 10.6 Å². The van der Waals surface area contributed by atoms with E-state index in [4.69, 9.17) is 10.5 Å². The van der Waals surface area contributed by atoms with Gasteiger partial charge in [0.1, 0.15) is 6.61 Å². The number of ether oxygens (including phenoxy) is 1. The lowest BCUT2D eigenvalue weighted by Gasteiger charge is -2.20. The number of nitrogens with zero attached hydrogens (tertiary/aromatic N) is 1. The van der Waals surface area contributed by atoms with Gasteiger partial charge in [0.05, 0.1) is 6.04 Å². The van der Waals surface area contributed by atoms with Crippen LogP contribution in [0.4, 0.5) is 10.5 Å². The van der Waals surface area contributed by atoms with Crippen molar-refractivity contribution >= 4 is 11.8 Å². The van der Waals surface area contributed by atoms with E-state index in [0.717, 1.165) is 12.1 Å². The number of anilines is 1. The number of para-hydroxylation sites is 1. The summed E-state index contributed by atoms with van der Waals surface area (Å²) in [6, 6.07) is 9.60. The van der Waals surface area contributed by atoms with Crippen molar-refractivity contribution in [2.24, 2.45) is 5.73 Å². The molecule has 4 nitrogen and oxygen atoms in total. The van der Waals surface area contributed by atoms with Gasteiger partial charge in [0, 0.05) is 5.69 Å². The first kappa shape index (κ1) is 9.98. The highest BCUT2D eigenvalue weighted by atomic mass is 16.6. The van der Waals surface area contributed by atoms with Gasteiger partial charge >= 0.3 is 6.09 Å². The smallest absolute Gasteiger partial charge is 0.414 e. The molecular weight excluding hydrogens is 192 g/mol. The zero-order valence-electron chi connectivity index (χ0n) is 8.43. The first-order valence-electron chi connectivity index (χ1n) is 5.04. The minimum atomic E-state index is -0.278. The number of rotatable bonds is 3. The van der Waals surface area contributed by atoms with E-state index >= 15 is 0 Å². The lowest BCUT2D eigenvalue weighted by Crippen LogP contribution is -2.34. The lowest BCUT2D eigenvalue weighted by atomic mass is 10.2. The summed E-state index contributed by atoms with van der Waals surface area (Å²) in [5, 5.41) is 0. The molecule has 1 aromatic carbocycles. The Hall–Kier alpha value is -1.55. The molecule has 1 unspecified atom stereocenters. The lowest BCUT2D eigenvalue weighted by molar-refractivity contribution is 0.178. The van der Waals surface area contributed by atoms with Gasteiger partial charge < -0.3 is 10.5 Å². The molecule has 0 radical (unpaired) electrons. The molecule has 80 valence electrons. The van der Waals surface area contributed by atoms with Crippen LogP contribution in [0.15, 0.2) is 30.3 Å². The molecule has 0 saturated carbocycles. The molecule has 1 aliphatic heterocycles. The molecule has 0 spiro atoms. The summed E-state index contributed by atoms with van der Waals surface area (Å²) < 4.78 is 5.02. The van der Waals surface area contributed by atoms with Crippen molar-refractivity contribution in [2.45, 2.75) is 12.5 Å². The average Bonchev–Trinajstić information content (AvgIpc) is 2.62. The number of benzene rings is 1. The Morgan fingerprint density at radius 1 is 1.40 bits per heavy atom. The van der Waals surface area contributed by atoms with Crippen molar-refractivity contribution in [1.82, 2.24) is 0 Å². The fourth-order valence-corrected chi connectivity index (χ4v) is 1.77. The first-order chi connectivity index (χ1) is 7.33. The number of carbonyl (C=O) groups is 1. The first-order valence-corrected chi connectivity index (χ1v) is 5.04. The fourth-order valence-electron chi connectivity index (χ4n) is 1.77. The molecule has 2 rings (SSSR count). The standard InChI is InChI=1S/C11H14N2O2/c12-7-6-10-8-15-11(14)13(10)9-4-2-1-3-5-9/h1-5,10H,6-8,12H2. The highest BCUT2D eigenvalue weighted by Crippen LogP contribution is 2.23. The minimum Gasteiger partial charge on any atom is -0.447 e. The molecule has 0 aliphatic carbocycles. The second kappa shape index (κ2) is 4.31. The highest BCUT2D eigenvalue weighted by Gasteiger charge is 2.33. The quantitative estimate of drug-likeness (QED) is 0.812. The van der Waals surface area contributed by atoms with Crippen LogP contribution in [0.25, 0.3) is 0 Å². The number of hydrogen-bond acceptors (Lipinski definition) is 3.